The minimum atomic E-state index is 0.630. The highest BCUT2D eigenvalue weighted by Crippen LogP contribution is 2.26. The summed E-state index contributed by atoms with van der Waals surface area (Å²) >= 11 is 0. The molecule has 0 bridgehead atoms. The van der Waals surface area contributed by atoms with Gasteiger partial charge in [-0.2, -0.15) is 5.10 Å². The van der Waals surface area contributed by atoms with Gasteiger partial charge in [0.05, 0.1) is 16.6 Å². The largest absolute Gasteiger partial charge is 0.383 e. The molecule has 2 heterocycles. The standard InChI is InChI=1S/C20H17N3O/c1-22(2)12-16-15-10-6-7-11-18(15)23-20(16)17(13-24)19(21-23)14-8-4-3-5-9-14/h3-13H,1-2H3/b16-12+. The van der Waals surface area contributed by atoms with Crippen LogP contribution in [0.3, 0.4) is 0 Å². The van der Waals surface area contributed by atoms with E-state index in [-0.39, 0.29) is 0 Å². The maximum Gasteiger partial charge on any atom is 0.154 e. The monoisotopic (exact) mass is 315 g/mol. The first-order valence-electron chi connectivity index (χ1n) is 7.82. The Bertz CT molecular complexity index is 1090. The first-order valence-corrected chi connectivity index (χ1v) is 7.82. The molecule has 0 unspecified atom stereocenters. The average molecular weight is 315 g/mol. The minimum absolute atomic E-state index is 0.630. The van der Waals surface area contributed by atoms with E-state index in [2.05, 4.69) is 6.07 Å². The second-order valence-electron chi connectivity index (χ2n) is 6.03. The third kappa shape index (κ3) is 2.07. The highest BCUT2D eigenvalue weighted by Gasteiger charge is 2.19. The summed E-state index contributed by atoms with van der Waals surface area (Å²) in [5.41, 5.74) is 4.16. The van der Waals surface area contributed by atoms with Crippen LogP contribution in [0.5, 0.6) is 0 Å². The summed E-state index contributed by atoms with van der Waals surface area (Å²) in [6.07, 6.45) is 2.96. The summed E-state index contributed by atoms with van der Waals surface area (Å²) in [7, 11) is 3.96. The van der Waals surface area contributed by atoms with Gasteiger partial charge in [0.15, 0.2) is 6.29 Å². The number of carbonyl (C=O) groups is 1. The maximum atomic E-state index is 11.9. The Morgan fingerprint density at radius 3 is 2.42 bits per heavy atom. The van der Waals surface area contributed by atoms with E-state index in [1.807, 2.05) is 78.2 Å². The van der Waals surface area contributed by atoms with Crippen molar-refractivity contribution in [2.75, 3.05) is 14.1 Å². The molecular weight excluding hydrogens is 298 g/mol. The van der Waals surface area contributed by atoms with Gasteiger partial charge < -0.3 is 4.90 Å². The molecule has 0 saturated heterocycles. The Morgan fingerprint density at radius 1 is 1.00 bits per heavy atom. The summed E-state index contributed by atoms with van der Waals surface area (Å²) in [6.45, 7) is 0. The molecule has 4 rings (SSSR count). The quantitative estimate of drug-likeness (QED) is 0.546. The molecule has 0 spiro atoms. The van der Waals surface area contributed by atoms with Crippen LogP contribution in [-0.2, 0) is 0 Å². The molecule has 0 N–H and O–H groups in total. The number of aromatic nitrogens is 2. The van der Waals surface area contributed by atoms with Gasteiger partial charge >= 0.3 is 0 Å². The lowest BCUT2D eigenvalue weighted by atomic mass is 10.1. The van der Waals surface area contributed by atoms with E-state index in [9.17, 15) is 4.79 Å². The number of hydrogen-bond donors (Lipinski definition) is 0. The molecule has 0 atom stereocenters. The lowest BCUT2D eigenvalue weighted by molar-refractivity contribution is 0.112. The fourth-order valence-corrected chi connectivity index (χ4v) is 3.19. The number of rotatable bonds is 3. The first kappa shape index (κ1) is 14.5. The average Bonchev–Trinajstić information content (AvgIpc) is 3.12. The predicted molar refractivity (Wildman–Crippen MR) is 96.9 cm³/mol. The van der Waals surface area contributed by atoms with Gasteiger partial charge in [0.1, 0.15) is 5.69 Å². The molecule has 4 heteroatoms. The highest BCUT2D eigenvalue weighted by atomic mass is 16.1. The molecule has 2 aromatic carbocycles. The minimum Gasteiger partial charge on any atom is -0.383 e. The lowest BCUT2D eigenvalue weighted by Gasteiger charge is -2.03. The Kier molecular flexibility index (Phi) is 3.31. The SMILES string of the molecule is CN(C)/C=c1\c2ccccc2n2nc(-c3ccccc3)c(C=O)c12. The van der Waals surface area contributed by atoms with Gasteiger partial charge in [-0.25, -0.2) is 4.52 Å². The topological polar surface area (TPSA) is 37.6 Å². The van der Waals surface area contributed by atoms with Crippen molar-refractivity contribution < 1.29 is 4.79 Å². The van der Waals surface area contributed by atoms with E-state index in [0.29, 0.717) is 5.56 Å². The van der Waals surface area contributed by atoms with Crippen molar-refractivity contribution in [3.05, 3.63) is 65.4 Å². The Morgan fingerprint density at radius 2 is 1.71 bits per heavy atom. The number of nitrogens with zero attached hydrogens (tertiary/aromatic N) is 3. The van der Waals surface area contributed by atoms with Gasteiger partial charge in [0.25, 0.3) is 0 Å². The Hall–Kier alpha value is -3.14. The number of carbonyl (C=O) groups excluding carboxylic acids is 1. The number of aldehydes is 1. The molecule has 0 fully saturated rings. The molecule has 0 amide bonds. The molecular formula is C20H17N3O. The molecule has 0 aliphatic rings. The first-order chi connectivity index (χ1) is 11.7. The van der Waals surface area contributed by atoms with Crippen molar-refractivity contribution in [2.24, 2.45) is 0 Å². The molecule has 24 heavy (non-hydrogen) atoms. The number of benzene rings is 2. The third-order valence-corrected chi connectivity index (χ3v) is 4.15. The molecule has 4 nitrogen and oxygen atoms in total. The van der Waals surface area contributed by atoms with Crippen molar-refractivity contribution in [3.63, 3.8) is 0 Å². The summed E-state index contributed by atoms with van der Waals surface area (Å²) in [5, 5.41) is 6.87. The maximum absolute atomic E-state index is 11.9. The van der Waals surface area contributed by atoms with Crippen LogP contribution >= 0.6 is 0 Å². The van der Waals surface area contributed by atoms with Crippen LogP contribution in [0.15, 0.2) is 54.6 Å². The summed E-state index contributed by atoms with van der Waals surface area (Å²) < 4.78 is 1.89. The van der Waals surface area contributed by atoms with Crippen molar-refractivity contribution >= 4 is 28.9 Å². The van der Waals surface area contributed by atoms with Gasteiger partial charge in [-0.3, -0.25) is 4.79 Å². The van der Waals surface area contributed by atoms with Crippen LogP contribution in [0.4, 0.5) is 0 Å². The molecule has 0 aliphatic carbocycles. The third-order valence-electron chi connectivity index (χ3n) is 4.15. The summed E-state index contributed by atoms with van der Waals surface area (Å²) in [5.74, 6) is 0. The zero-order valence-corrected chi connectivity index (χ0v) is 13.6. The van der Waals surface area contributed by atoms with Crippen LogP contribution in [0.2, 0.25) is 0 Å². The van der Waals surface area contributed by atoms with E-state index in [1.165, 1.54) is 0 Å². The molecule has 0 aliphatic heterocycles. The van der Waals surface area contributed by atoms with Crippen molar-refractivity contribution in [3.8, 4) is 11.3 Å². The van der Waals surface area contributed by atoms with E-state index < -0.39 is 0 Å². The van der Waals surface area contributed by atoms with Crippen molar-refractivity contribution in [2.45, 2.75) is 0 Å². The van der Waals surface area contributed by atoms with Gasteiger partial charge in [-0.05, 0) is 6.07 Å². The zero-order valence-electron chi connectivity index (χ0n) is 13.6. The van der Waals surface area contributed by atoms with Gasteiger partial charge in [0.2, 0.25) is 0 Å². The van der Waals surface area contributed by atoms with E-state index in [0.717, 1.165) is 39.2 Å². The van der Waals surface area contributed by atoms with E-state index in [1.54, 1.807) is 0 Å². The summed E-state index contributed by atoms with van der Waals surface area (Å²) in [6, 6.07) is 17.9. The highest BCUT2D eigenvalue weighted by molar-refractivity contribution is 6.01. The van der Waals surface area contributed by atoms with Crippen LogP contribution in [0.1, 0.15) is 10.4 Å². The molecule has 118 valence electrons. The fraction of sp³-hybridized carbons (Fsp3) is 0.100. The van der Waals surface area contributed by atoms with E-state index >= 15 is 0 Å². The normalized spacial score (nSPS) is 12.2. The van der Waals surface area contributed by atoms with Crippen LogP contribution in [0.25, 0.3) is 33.9 Å². The Balaban J connectivity index is 2.20. The number of para-hydroxylation sites is 1. The van der Waals surface area contributed by atoms with Crippen LogP contribution in [0, 0.1) is 0 Å². The van der Waals surface area contributed by atoms with Crippen LogP contribution < -0.4 is 5.22 Å². The molecule has 0 radical (unpaired) electrons. The van der Waals surface area contributed by atoms with Gasteiger partial charge in [-0.15, -0.1) is 0 Å². The Labute approximate surface area is 139 Å². The molecule has 2 aromatic heterocycles. The molecule has 4 aromatic rings. The summed E-state index contributed by atoms with van der Waals surface area (Å²) in [4.78, 5) is 13.9. The molecule has 0 saturated carbocycles. The zero-order chi connectivity index (χ0) is 16.7. The second-order valence-corrected chi connectivity index (χ2v) is 6.03. The van der Waals surface area contributed by atoms with Gasteiger partial charge in [0, 0.05) is 36.5 Å². The van der Waals surface area contributed by atoms with Crippen molar-refractivity contribution in [1.82, 2.24) is 14.5 Å². The van der Waals surface area contributed by atoms with Crippen molar-refractivity contribution in [1.29, 1.82) is 0 Å². The van der Waals surface area contributed by atoms with Crippen LogP contribution in [-0.4, -0.2) is 34.9 Å². The smallest absolute Gasteiger partial charge is 0.154 e. The number of fused-ring (bicyclic) bond motifs is 3. The fourth-order valence-electron chi connectivity index (χ4n) is 3.19. The number of hydrogen-bond acceptors (Lipinski definition) is 3. The van der Waals surface area contributed by atoms with Gasteiger partial charge in [-0.1, -0.05) is 48.5 Å². The predicted octanol–water partition coefficient (Wildman–Crippen LogP) is 2.99. The van der Waals surface area contributed by atoms with E-state index in [4.69, 9.17) is 5.10 Å². The lowest BCUT2D eigenvalue weighted by Crippen LogP contribution is -2.10. The second kappa shape index (κ2) is 5.49.